The Morgan fingerprint density at radius 3 is 3.00 bits per heavy atom. The molecule has 1 heterocycles. The van der Waals surface area contributed by atoms with Gasteiger partial charge in [0.05, 0.1) is 17.4 Å². The van der Waals surface area contributed by atoms with Gasteiger partial charge in [-0.1, -0.05) is 0 Å². The summed E-state index contributed by atoms with van der Waals surface area (Å²) in [5.41, 5.74) is 14.6. The molecule has 0 fully saturated rings. The van der Waals surface area contributed by atoms with Crippen molar-refractivity contribution < 1.29 is 4.79 Å². The van der Waals surface area contributed by atoms with Crippen molar-refractivity contribution in [2.75, 3.05) is 11.1 Å². The van der Waals surface area contributed by atoms with E-state index in [0.29, 0.717) is 11.3 Å². The zero-order valence-electron chi connectivity index (χ0n) is 11.1. The van der Waals surface area contributed by atoms with Crippen molar-refractivity contribution in [2.24, 2.45) is 5.73 Å². The fraction of sp³-hybridized carbons (Fsp3) is 0.267. The van der Waals surface area contributed by atoms with Crippen LogP contribution >= 0.6 is 11.3 Å². The summed E-state index contributed by atoms with van der Waals surface area (Å²) in [7, 11) is 0. The molecule has 1 unspecified atom stereocenters. The SMILES string of the molecule is NC(=O)c1ccc(N)c(NC2CCCc3sccc32)c1. The van der Waals surface area contributed by atoms with Crippen molar-refractivity contribution in [1.82, 2.24) is 0 Å². The molecule has 2 aromatic rings. The van der Waals surface area contributed by atoms with Crippen LogP contribution in [0.3, 0.4) is 0 Å². The molecule has 4 nitrogen and oxygen atoms in total. The number of hydrogen-bond acceptors (Lipinski definition) is 4. The molecular weight excluding hydrogens is 270 g/mol. The van der Waals surface area contributed by atoms with E-state index in [4.69, 9.17) is 11.5 Å². The van der Waals surface area contributed by atoms with E-state index in [1.807, 2.05) is 0 Å². The minimum Gasteiger partial charge on any atom is -0.397 e. The molecule has 3 rings (SSSR count). The number of anilines is 2. The lowest BCUT2D eigenvalue weighted by atomic mass is 9.93. The average Bonchev–Trinajstić information content (AvgIpc) is 2.90. The van der Waals surface area contributed by atoms with Crippen LogP contribution in [-0.2, 0) is 6.42 Å². The molecule has 5 heteroatoms. The third-order valence-electron chi connectivity index (χ3n) is 3.72. The molecule has 0 radical (unpaired) electrons. The van der Waals surface area contributed by atoms with Gasteiger partial charge in [-0.2, -0.15) is 0 Å². The number of primary amides is 1. The standard InChI is InChI=1S/C15H17N3OS/c16-11-5-4-9(15(17)19)8-13(11)18-12-2-1-3-14-10(12)6-7-20-14/h4-8,12,18H,1-3,16H2,(H2,17,19). The van der Waals surface area contributed by atoms with Gasteiger partial charge >= 0.3 is 0 Å². The summed E-state index contributed by atoms with van der Waals surface area (Å²) < 4.78 is 0. The van der Waals surface area contributed by atoms with Gasteiger partial charge in [0.2, 0.25) is 5.91 Å². The van der Waals surface area contributed by atoms with Crippen LogP contribution in [0.25, 0.3) is 0 Å². The Kier molecular flexibility index (Phi) is 3.36. The number of aryl methyl sites for hydroxylation is 1. The fourth-order valence-corrected chi connectivity index (χ4v) is 3.65. The van der Waals surface area contributed by atoms with Gasteiger partial charge in [-0.05, 0) is 54.5 Å². The maximum absolute atomic E-state index is 11.3. The zero-order valence-corrected chi connectivity index (χ0v) is 11.9. The summed E-state index contributed by atoms with van der Waals surface area (Å²) in [5, 5.41) is 5.59. The molecule has 0 spiro atoms. The van der Waals surface area contributed by atoms with Crippen LogP contribution in [0, 0.1) is 0 Å². The highest BCUT2D eigenvalue weighted by Gasteiger charge is 2.21. The molecule has 20 heavy (non-hydrogen) atoms. The summed E-state index contributed by atoms with van der Waals surface area (Å²) >= 11 is 1.81. The largest absolute Gasteiger partial charge is 0.397 e. The summed E-state index contributed by atoms with van der Waals surface area (Å²) in [6.45, 7) is 0. The highest BCUT2D eigenvalue weighted by atomic mass is 32.1. The molecule has 1 aromatic heterocycles. The number of fused-ring (bicyclic) bond motifs is 1. The van der Waals surface area contributed by atoms with Crippen LogP contribution in [-0.4, -0.2) is 5.91 Å². The van der Waals surface area contributed by atoms with Crippen LogP contribution in [0.5, 0.6) is 0 Å². The molecular formula is C15H17N3OS. The number of rotatable bonds is 3. The molecule has 104 valence electrons. The van der Waals surface area contributed by atoms with Crippen LogP contribution in [0.4, 0.5) is 11.4 Å². The Labute approximate surface area is 121 Å². The fourth-order valence-electron chi connectivity index (χ4n) is 2.66. The van der Waals surface area contributed by atoms with E-state index in [0.717, 1.165) is 18.5 Å². The first-order valence-corrected chi connectivity index (χ1v) is 7.55. The second-order valence-electron chi connectivity index (χ2n) is 5.05. The van der Waals surface area contributed by atoms with Gasteiger partial charge in [0, 0.05) is 10.4 Å². The first kappa shape index (κ1) is 13.0. The van der Waals surface area contributed by atoms with Gasteiger partial charge in [0.1, 0.15) is 0 Å². The molecule has 1 aliphatic rings. The quantitative estimate of drug-likeness (QED) is 0.759. The molecule has 1 amide bonds. The maximum Gasteiger partial charge on any atom is 0.248 e. The van der Waals surface area contributed by atoms with Gasteiger partial charge in [-0.25, -0.2) is 0 Å². The van der Waals surface area contributed by atoms with Crippen molar-refractivity contribution in [3.05, 3.63) is 45.6 Å². The number of amides is 1. The first-order chi connectivity index (χ1) is 9.65. The Balaban J connectivity index is 1.89. The smallest absolute Gasteiger partial charge is 0.248 e. The number of carbonyl (C=O) groups excluding carboxylic acids is 1. The topological polar surface area (TPSA) is 81.1 Å². The first-order valence-electron chi connectivity index (χ1n) is 6.67. The second kappa shape index (κ2) is 5.17. The Morgan fingerprint density at radius 2 is 2.20 bits per heavy atom. The Bertz CT molecular complexity index is 650. The highest BCUT2D eigenvalue weighted by Crippen LogP contribution is 2.36. The number of carbonyl (C=O) groups is 1. The molecule has 0 saturated carbocycles. The predicted molar refractivity (Wildman–Crippen MR) is 83.0 cm³/mol. The molecule has 0 aliphatic heterocycles. The summed E-state index contributed by atoms with van der Waals surface area (Å²) in [6, 6.07) is 7.54. The Morgan fingerprint density at radius 1 is 1.35 bits per heavy atom. The summed E-state index contributed by atoms with van der Waals surface area (Å²) in [6.07, 6.45) is 3.40. The average molecular weight is 287 g/mol. The molecule has 1 aliphatic carbocycles. The van der Waals surface area contributed by atoms with E-state index in [1.54, 1.807) is 29.5 Å². The van der Waals surface area contributed by atoms with E-state index in [2.05, 4.69) is 16.8 Å². The van der Waals surface area contributed by atoms with Gasteiger partial charge in [0.25, 0.3) is 0 Å². The number of nitrogens with two attached hydrogens (primary N) is 2. The lowest BCUT2D eigenvalue weighted by molar-refractivity contribution is 0.100. The number of benzene rings is 1. The van der Waals surface area contributed by atoms with Crippen molar-refractivity contribution in [2.45, 2.75) is 25.3 Å². The molecule has 5 N–H and O–H groups in total. The summed E-state index contributed by atoms with van der Waals surface area (Å²) in [5.74, 6) is -0.437. The van der Waals surface area contributed by atoms with Crippen LogP contribution < -0.4 is 16.8 Å². The summed E-state index contributed by atoms with van der Waals surface area (Å²) in [4.78, 5) is 12.7. The van der Waals surface area contributed by atoms with Crippen molar-refractivity contribution in [3.8, 4) is 0 Å². The van der Waals surface area contributed by atoms with Crippen molar-refractivity contribution in [1.29, 1.82) is 0 Å². The van der Waals surface area contributed by atoms with Crippen molar-refractivity contribution >= 4 is 28.6 Å². The zero-order chi connectivity index (χ0) is 14.1. The third kappa shape index (κ3) is 2.36. The molecule has 0 bridgehead atoms. The lowest BCUT2D eigenvalue weighted by Crippen LogP contribution is -2.17. The van der Waals surface area contributed by atoms with E-state index in [9.17, 15) is 4.79 Å². The lowest BCUT2D eigenvalue weighted by Gasteiger charge is -2.25. The monoisotopic (exact) mass is 287 g/mol. The minimum absolute atomic E-state index is 0.260. The highest BCUT2D eigenvalue weighted by molar-refractivity contribution is 7.10. The third-order valence-corrected chi connectivity index (χ3v) is 4.72. The predicted octanol–water partition coefficient (Wildman–Crippen LogP) is 2.92. The maximum atomic E-state index is 11.3. The number of nitrogens with one attached hydrogen (secondary N) is 1. The van der Waals surface area contributed by atoms with Crippen LogP contribution in [0.2, 0.25) is 0 Å². The van der Waals surface area contributed by atoms with Gasteiger partial charge in [-0.3, -0.25) is 4.79 Å². The van der Waals surface area contributed by atoms with E-state index >= 15 is 0 Å². The minimum atomic E-state index is -0.437. The second-order valence-corrected chi connectivity index (χ2v) is 6.06. The molecule has 1 aromatic carbocycles. The van der Waals surface area contributed by atoms with E-state index in [1.165, 1.54) is 16.9 Å². The number of nitrogen functional groups attached to an aromatic ring is 1. The van der Waals surface area contributed by atoms with Crippen molar-refractivity contribution in [3.63, 3.8) is 0 Å². The van der Waals surface area contributed by atoms with Gasteiger partial charge in [-0.15, -0.1) is 11.3 Å². The molecule has 0 saturated heterocycles. The van der Waals surface area contributed by atoms with E-state index in [-0.39, 0.29) is 6.04 Å². The van der Waals surface area contributed by atoms with Gasteiger partial charge in [0.15, 0.2) is 0 Å². The normalized spacial score (nSPS) is 17.5. The number of hydrogen-bond donors (Lipinski definition) is 3. The Hall–Kier alpha value is -2.01. The molecule has 1 atom stereocenters. The number of thiophene rings is 1. The van der Waals surface area contributed by atoms with Crippen LogP contribution in [0.1, 0.15) is 39.7 Å². The van der Waals surface area contributed by atoms with E-state index < -0.39 is 5.91 Å². The van der Waals surface area contributed by atoms with Gasteiger partial charge < -0.3 is 16.8 Å². The van der Waals surface area contributed by atoms with Crippen LogP contribution in [0.15, 0.2) is 29.6 Å².